The molecule has 0 aliphatic carbocycles. The largest absolute Gasteiger partial charge is 0.366 e. The Kier molecular flexibility index (Phi) is 5.92. The highest BCUT2D eigenvalue weighted by molar-refractivity contribution is 6.20. The van der Waals surface area contributed by atoms with Crippen LogP contribution in [0.2, 0.25) is 0 Å². The Labute approximate surface area is 232 Å². The van der Waals surface area contributed by atoms with Gasteiger partial charge in [-0.2, -0.15) is 0 Å². The van der Waals surface area contributed by atoms with Gasteiger partial charge >= 0.3 is 5.69 Å². The van der Waals surface area contributed by atoms with Crippen LogP contribution in [0.25, 0.3) is 49.5 Å². The van der Waals surface area contributed by atoms with Crippen LogP contribution in [-0.2, 0) is 7.05 Å². The Morgan fingerprint density at radius 3 is 2.39 bits per heavy atom. The Morgan fingerprint density at radius 1 is 0.951 bits per heavy atom. The SMILES string of the molecule is Cc1c(-c2c(F)cc(C(N)=O)c3[nH]c4cc(C(C)C)ccc4c23)cccc1-n1c(=O)c2cccc(F)c2n(C)c1=O. The van der Waals surface area contributed by atoms with Crippen LogP contribution in [0.4, 0.5) is 8.78 Å². The summed E-state index contributed by atoms with van der Waals surface area (Å²) >= 11 is 0. The lowest BCUT2D eigenvalue weighted by atomic mass is 9.92. The molecule has 7 nitrogen and oxygen atoms in total. The van der Waals surface area contributed by atoms with Gasteiger partial charge in [-0.05, 0) is 59.9 Å². The lowest BCUT2D eigenvalue weighted by Crippen LogP contribution is -2.38. The van der Waals surface area contributed by atoms with Crippen LogP contribution in [0.1, 0.15) is 41.3 Å². The maximum atomic E-state index is 16.0. The molecule has 1 amide bonds. The zero-order valence-electron chi connectivity index (χ0n) is 22.8. The van der Waals surface area contributed by atoms with Crippen molar-refractivity contribution in [2.24, 2.45) is 12.8 Å². The smallest absolute Gasteiger partial charge is 0.335 e. The number of carbonyl (C=O) groups excluding carboxylic acids is 1. The van der Waals surface area contributed by atoms with Crippen LogP contribution in [0.5, 0.6) is 0 Å². The average molecular weight is 553 g/mol. The van der Waals surface area contributed by atoms with Crippen molar-refractivity contribution < 1.29 is 13.6 Å². The van der Waals surface area contributed by atoms with Crippen LogP contribution in [0.15, 0.2) is 70.3 Å². The van der Waals surface area contributed by atoms with Gasteiger partial charge in [0, 0.05) is 28.9 Å². The van der Waals surface area contributed by atoms with Gasteiger partial charge in [-0.1, -0.05) is 44.2 Å². The van der Waals surface area contributed by atoms with Gasteiger partial charge in [-0.15, -0.1) is 0 Å². The Balaban J connectivity index is 1.71. The fraction of sp³-hybridized carbons (Fsp3) is 0.156. The minimum atomic E-state index is -0.778. The summed E-state index contributed by atoms with van der Waals surface area (Å²) in [5.74, 6) is -1.90. The number of carbonyl (C=O) groups is 1. The van der Waals surface area contributed by atoms with Crippen molar-refractivity contribution >= 4 is 38.6 Å². The fourth-order valence-corrected chi connectivity index (χ4v) is 5.71. The number of hydrogen-bond acceptors (Lipinski definition) is 3. The Hall–Kier alpha value is -5.05. The molecule has 0 saturated heterocycles. The first-order valence-corrected chi connectivity index (χ1v) is 13.1. The summed E-state index contributed by atoms with van der Waals surface area (Å²) in [7, 11) is 1.39. The van der Waals surface area contributed by atoms with E-state index in [1.54, 1.807) is 25.1 Å². The van der Waals surface area contributed by atoms with Crippen molar-refractivity contribution in [2.75, 3.05) is 0 Å². The highest BCUT2D eigenvalue weighted by atomic mass is 19.1. The maximum absolute atomic E-state index is 16.0. The highest BCUT2D eigenvalue weighted by Gasteiger charge is 2.24. The molecule has 0 radical (unpaired) electrons. The molecule has 0 atom stereocenters. The lowest BCUT2D eigenvalue weighted by molar-refractivity contribution is 0.100. The van der Waals surface area contributed by atoms with E-state index in [0.29, 0.717) is 27.4 Å². The molecule has 0 unspecified atom stereocenters. The summed E-state index contributed by atoms with van der Waals surface area (Å²) in [5, 5.41) is 1.19. The van der Waals surface area contributed by atoms with E-state index in [0.717, 1.165) is 26.3 Å². The molecule has 0 aliphatic rings. The zero-order valence-corrected chi connectivity index (χ0v) is 22.8. The molecule has 6 rings (SSSR count). The van der Waals surface area contributed by atoms with Crippen molar-refractivity contribution in [1.82, 2.24) is 14.1 Å². The number of aromatic nitrogens is 3. The van der Waals surface area contributed by atoms with Crippen LogP contribution in [0, 0.1) is 18.6 Å². The number of amides is 1. The monoisotopic (exact) mass is 552 g/mol. The number of nitrogens with one attached hydrogen (secondary N) is 1. The van der Waals surface area contributed by atoms with E-state index < -0.39 is 28.8 Å². The Bertz CT molecular complexity index is 2210. The third kappa shape index (κ3) is 3.80. The molecular weight excluding hydrogens is 526 g/mol. The van der Waals surface area contributed by atoms with Crippen LogP contribution in [0.3, 0.4) is 0 Å². The topological polar surface area (TPSA) is 103 Å². The van der Waals surface area contributed by atoms with E-state index in [4.69, 9.17) is 5.73 Å². The van der Waals surface area contributed by atoms with Crippen LogP contribution < -0.4 is 17.0 Å². The van der Waals surface area contributed by atoms with Gasteiger partial charge in [0.2, 0.25) is 0 Å². The van der Waals surface area contributed by atoms with Crippen molar-refractivity contribution in [2.45, 2.75) is 26.7 Å². The van der Waals surface area contributed by atoms with E-state index >= 15 is 4.39 Å². The zero-order chi connectivity index (χ0) is 29.3. The standard InChI is InChI=1S/C32H26F2N4O3/c1-15(2)17-11-12-19-24(13-17)36-28-21(30(35)39)14-23(34)26(27(19)28)18-7-6-10-25(16(18)3)38-31(40)20-8-5-9-22(33)29(20)37(4)32(38)41/h5-15,36H,1-4H3,(H2,35,39). The van der Waals surface area contributed by atoms with Gasteiger partial charge in [-0.25, -0.2) is 18.1 Å². The number of para-hydroxylation sites is 1. The molecular formula is C32H26F2N4O3. The number of nitrogens with two attached hydrogens (primary N) is 1. The number of rotatable bonds is 4. The molecule has 0 bridgehead atoms. The third-order valence-corrected chi connectivity index (χ3v) is 7.83. The molecule has 0 saturated carbocycles. The maximum Gasteiger partial charge on any atom is 0.335 e. The van der Waals surface area contributed by atoms with Gasteiger partial charge in [-0.3, -0.25) is 14.2 Å². The van der Waals surface area contributed by atoms with E-state index in [2.05, 4.69) is 18.8 Å². The van der Waals surface area contributed by atoms with Crippen molar-refractivity contribution in [1.29, 1.82) is 0 Å². The lowest BCUT2D eigenvalue weighted by Gasteiger charge is -2.17. The molecule has 0 fully saturated rings. The summed E-state index contributed by atoms with van der Waals surface area (Å²) in [4.78, 5) is 42.5. The number of halogens is 2. The molecule has 41 heavy (non-hydrogen) atoms. The predicted octanol–water partition coefficient (Wildman–Crippen LogP) is 5.80. The molecule has 0 spiro atoms. The minimum Gasteiger partial charge on any atom is -0.366 e. The van der Waals surface area contributed by atoms with Gasteiger partial charge in [0.25, 0.3) is 11.5 Å². The predicted molar refractivity (Wildman–Crippen MR) is 157 cm³/mol. The molecule has 6 aromatic rings. The summed E-state index contributed by atoms with van der Waals surface area (Å²) < 4.78 is 32.7. The van der Waals surface area contributed by atoms with Crippen molar-refractivity contribution in [3.63, 3.8) is 0 Å². The number of fused-ring (bicyclic) bond motifs is 4. The second-order valence-corrected chi connectivity index (χ2v) is 10.5. The summed E-state index contributed by atoms with van der Waals surface area (Å²) in [6, 6.07) is 15.9. The fourth-order valence-electron chi connectivity index (χ4n) is 5.71. The first-order chi connectivity index (χ1) is 19.5. The van der Waals surface area contributed by atoms with Crippen LogP contribution >= 0.6 is 0 Å². The number of H-pyrrole nitrogens is 1. The van der Waals surface area contributed by atoms with E-state index in [-0.39, 0.29) is 33.6 Å². The molecule has 4 aromatic carbocycles. The normalized spacial score (nSPS) is 11.8. The number of benzene rings is 4. The van der Waals surface area contributed by atoms with E-state index in [1.807, 2.05) is 18.2 Å². The second kappa shape index (κ2) is 9.26. The summed E-state index contributed by atoms with van der Waals surface area (Å²) in [6.07, 6.45) is 0. The van der Waals surface area contributed by atoms with E-state index in [9.17, 15) is 18.8 Å². The molecule has 3 N–H and O–H groups in total. The first kappa shape index (κ1) is 26.2. The second-order valence-electron chi connectivity index (χ2n) is 10.5. The highest BCUT2D eigenvalue weighted by Crippen LogP contribution is 2.41. The minimum absolute atomic E-state index is 0.0130. The third-order valence-electron chi connectivity index (χ3n) is 7.83. The van der Waals surface area contributed by atoms with Crippen LogP contribution in [-0.4, -0.2) is 20.0 Å². The number of aryl methyl sites for hydroxylation is 1. The number of primary amides is 1. The van der Waals surface area contributed by atoms with E-state index in [1.165, 1.54) is 25.2 Å². The average Bonchev–Trinajstić information content (AvgIpc) is 3.31. The Morgan fingerprint density at radius 2 is 1.68 bits per heavy atom. The van der Waals surface area contributed by atoms with Crippen molar-refractivity contribution in [3.8, 4) is 16.8 Å². The molecule has 2 heterocycles. The summed E-state index contributed by atoms with van der Waals surface area (Å²) in [5.41, 5.74) is 7.60. The molecule has 2 aromatic heterocycles. The first-order valence-electron chi connectivity index (χ1n) is 13.1. The van der Waals surface area contributed by atoms with Gasteiger partial charge in [0.05, 0.1) is 27.7 Å². The van der Waals surface area contributed by atoms with Gasteiger partial charge in [0.15, 0.2) is 0 Å². The van der Waals surface area contributed by atoms with Gasteiger partial charge < -0.3 is 10.7 Å². The molecule has 206 valence electrons. The molecule has 9 heteroatoms. The van der Waals surface area contributed by atoms with Crippen molar-refractivity contribution in [3.05, 3.63) is 110 Å². The van der Waals surface area contributed by atoms with Gasteiger partial charge in [0.1, 0.15) is 11.6 Å². The number of aromatic amines is 1. The summed E-state index contributed by atoms with van der Waals surface area (Å²) in [6.45, 7) is 5.81. The number of hydrogen-bond donors (Lipinski definition) is 2. The quantitative estimate of drug-likeness (QED) is 0.289. The number of nitrogens with zero attached hydrogens (tertiary/aromatic N) is 2. The molecule has 0 aliphatic heterocycles.